The number of aryl methyl sites for hydroxylation is 1. The molecule has 1 heterocycles. The Bertz CT molecular complexity index is 577. The summed E-state index contributed by atoms with van der Waals surface area (Å²) in [5, 5.41) is 0. The zero-order valence-electron chi connectivity index (χ0n) is 11.5. The van der Waals surface area contributed by atoms with Gasteiger partial charge in [0.2, 0.25) is 0 Å². The number of benzene rings is 1. The first-order valence-electron chi connectivity index (χ1n) is 6.89. The molecule has 0 N–H and O–H groups in total. The van der Waals surface area contributed by atoms with Gasteiger partial charge in [0.25, 0.3) is 9.05 Å². The number of likely N-dealkylation sites (tertiary alicyclic amines) is 1. The zero-order valence-corrected chi connectivity index (χ0v) is 13.1. The quantitative estimate of drug-likeness (QED) is 0.782. The maximum Gasteiger partial charge on any atom is 0.261 e. The Balaban J connectivity index is 2.15. The van der Waals surface area contributed by atoms with Crippen LogP contribution in [0.5, 0.6) is 0 Å². The number of rotatable bonds is 5. The maximum absolute atomic E-state index is 13.3. The smallest absolute Gasteiger partial charge is 0.261 e. The molecule has 0 radical (unpaired) electrons. The molecular weight excluding hydrogens is 301 g/mol. The summed E-state index contributed by atoms with van der Waals surface area (Å²) in [7, 11) is 1.58. The lowest BCUT2D eigenvalue weighted by Gasteiger charge is -2.22. The number of halogens is 2. The highest BCUT2D eigenvalue weighted by Gasteiger charge is 2.24. The fourth-order valence-corrected chi connectivity index (χ4v) is 4.10. The van der Waals surface area contributed by atoms with E-state index in [1.165, 1.54) is 18.6 Å². The van der Waals surface area contributed by atoms with E-state index >= 15 is 0 Å². The first kappa shape index (κ1) is 15.7. The Hall–Kier alpha value is -0.650. The highest BCUT2D eigenvalue weighted by molar-refractivity contribution is 8.13. The van der Waals surface area contributed by atoms with E-state index in [9.17, 15) is 12.8 Å². The predicted molar refractivity (Wildman–Crippen MR) is 78.0 cm³/mol. The molecule has 0 aliphatic carbocycles. The molecule has 0 bridgehead atoms. The largest absolute Gasteiger partial charge is 0.301 e. The van der Waals surface area contributed by atoms with Crippen LogP contribution >= 0.6 is 10.7 Å². The number of nitrogens with zero attached hydrogens (tertiary/aromatic N) is 1. The average molecular weight is 320 g/mol. The first-order valence-corrected chi connectivity index (χ1v) is 9.20. The molecule has 0 unspecified atom stereocenters. The Morgan fingerprint density at radius 2 is 2.20 bits per heavy atom. The normalized spacial score (nSPS) is 20.4. The van der Waals surface area contributed by atoms with E-state index < -0.39 is 14.9 Å². The lowest BCUT2D eigenvalue weighted by Crippen LogP contribution is -2.29. The van der Waals surface area contributed by atoms with Gasteiger partial charge >= 0.3 is 0 Å². The molecule has 0 aromatic heterocycles. The van der Waals surface area contributed by atoms with Gasteiger partial charge < -0.3 is 4.90 Å². The van der Waals surface area contributed by atoms with Crippen molar-refractivity contribution in [2.75, 3.05) is 13.1 Å². The first-order chi connectivity index (χ1) is 9.41. The summed E-state index contributed by atoms with van der Waals surface area (Å²) in [5.74, 6) is -0.428. The Morgan fingerprint density at radius 3 is 2.85 bits per heavy atom. The molecule has 1 saturated heterocycles. The number of hydrogen-bond donors (Lipinski definition) is 0. The van der Waals surface area contributed by atoms with E-state index in [-0.39, 0.29) is 4.90 Å². The molecule has 1 aromatic rings. The molecule has 1 fully saturated rings. The van der Waals surface area contributed by atoms with Crippen molar-refractivity contribution in [3.05, 3.63) is 29.6 Å². The van der Waals surface area contributed by atoms with Crippen LogP contribution in [0.2, 0.25) is 0 Å². The predicted octanol–water partition coefficient (Wildman–Crippen LogP) is 3.17. The van der Waals surface area contributed by atoms with Gasteiger partial charge in [0, 0.05) is 16.7 Å². The third-order valence-corrected chi connectivity index (χ3v) is 5.36. The molecule has 20 heavy (non-hydrogen) atoms. The van der Waals surface area contributed by atoms with Crippen LogP contribution in [0.15, 0.2) is 23.1 Å². The Kier molecular flexibility index (Phi) is 5.04. The van der Waals surface area contributed by atoms with Crippen LogP contribution in [0.1, 0.15) is 31.7 Å². The minimum Gasteiger partial charge on any atom is -0.301 e. The van der Waals surface area contributed by atoms with Crippen molar-refractivity contribution in [2.45, 2.75) is 43.5 Å². The van der Waals surface area contributed by atoms with Crippen molar-refractivity contribution in [1.82, 2.24) is 4.90 Å². The summed E-state index contributed by atoms with van der Waals surface area (Å²) in [6.45, 7) is 4.20. The minimum atomic E-state index is -3.82. The minimum absolute atomic E-state index is 0.0293. The summed E-state index contributed by atoms with van der Waals surface area (Å²) in [6.07, 6.45) is 3.64. The molecule has 1 atom stereocenters. The summed E-state index contributed by atoms with van der Waals surface area (Å²) in [5.41, 5.74) is 0.475. The van der Waals surface area contributed by atoms with Crippen LogP contribution in [-0.4, -0.2) is 32.4 Å². The van der Waals surface area contributed by atoms with Crippen LogP contribution in [-0.2, 0) is 15.5 Å². The van der Waals surface area contributed by atoms with Crippen molar-refractivity contribution in [2.24, 2.45) is 0 Å². The van der Waals surface area contributed by atoms with Crippen LogP contribution in [0.4, 0.5) is 4.39 Å². The van der Waals surface area contributed by atoms with Crippen molar-refractivity contribution in [3.8, 4) is 0 Å². The van der Waals surface area contributed by atoms with E-state index in [0.717, 1.165) is 32.0 Å². The van der Waals surface area contributed by atoms with Crippen LogP contribution in [0.25, 0.3) is 0 Å². The van der Waals surface area contributed by atoms with Gasteiger partial charge in [-0.05, 0) is 62.5 Å². The highest BCUT2D eigenvalue weighted by Crippen LogP contribution is 2.26. The zero-order chi connectivity index (χ0) is 14.8. The van der Waals surface area contributed by atoms with Gasteiger partial charge in [0.15, 0.2) is 0 Å². The second-order valence-corrected chi connectivity index (χ2v) is 7.69. The molecule has 1 aliphatic heterocycles. The Morgan fingerprint density at radius 1 is 1.45 bits per heavy atom. The van der Waals surface area contributed by atoms with E-state index in [4.69, 9.17) is 10.7 Å². The van der Waals surface area contributed by atoms with Crippen LogP contribution < -0.4 is 0 Å². The van der Waals surface area contributed by atoms with Crippen molar-refractivity contribution in [3.63, 3.8) is 0 Å². The Labute approximate surface area is 124 Å². The maximum atomic E-state index is 13.3. The van der Waals surface area contributed by atoms with Crippen molar-refractivity contribution in [1.29, 1.82) is 0 Å². The lowest BCUT2D eigenvalue weighted by molar-refractivity contribution is 0.255. The molecule has 1 aromatic carbocycles. The second kappa shape index (κ2) is 6.41. The summed E-state index contributed by atoms with van der Waals surface area (Å²) in [6, 6.07) is 4.11. The van der Waals surface area contributed by atoms with Crippen molar-refractivity contribution >= 4 is 19.7 Å². The van der Waals surface area contributed by atoms with E-state index in [0.29, 0.717) is 18.0 Å². The van der Waals surface area contributed by atoms with E-state index in [1.807, 2.05) is 0 Å². The molecule has 0 saturated carbocycles. The fourth-order valence-electron chi connectivity index (χ4n) is 2.94. The van der Waals surface area contributed by atoms with Gasteiger partial charge in [-0.1, -0.05) is 6.92 Å². The molecule has 6 heteroatoms. The SMILES string of the molecule is CCN1CCC[C@@H]1CCc1cc(F)ccc1S(=O)(=O)Cl. The summed E-state index contributed by atoms with van der Waals surface area (Å²) < 4.78 is 36.4. The van der Waals surface area contributed by atoms with Crippen molar-refractivity contribution < 1.29 is 12.8 Å². The molecule has 2 rings (SSSR count). The average Bonchev–Trinajstić information content (AvgIpc) is 2.82. The fraction of sp³-hybridized carbons (Fsp3) is 0.571. The van der Waals surface area contributed by atoms with Gasteiger partial charge in [-0.3, -0.25) is 0 Å². The monoisotopic (exact) mass is 319 g/mol. The molecule has 3 nitrogen and oxygen atoms in total. The standard InChI is InChI=1S/C14H19ClFNO2S/c1-2-17-9-3-4-13(17)7-5-11-10-12(16)6-8-14(11)20(15,18)19/h6,8,10,13H,2-5,7,9H2,1H3/t13-/m1/s1. The van der Waals surface area contributed by atoms with Gasteiger partial charge in [-0.15, -0.1) is 0 Å². The molecule has 112 valence electrons. The molecule has 1 aliphatic rings. The third-order valence-electron chi connectivity index (χ3n) is 3.94. The molecular formula is C14H19ClFNO2S. The van der Waals surface area contributed by atoms with Gasteiger partial charge in [-0.2, -0.15) is 0 Å². The van der Waals surface area contributed by atoms with Crippen LogP contribution in [0.3, 0.4) is 0 Å². The van der Waals surface area contributed by atoms with E-state index in [2.05, 4.69) is 11.8 Å². The van der Waals surface area contributed by atoms with E-state index in [1.54, 1.807) is 0 Å². The molecule has 0 amide bonds. The van der Waals surface area contributed by atoms with Gasteiger partial charge in [-0.25, -0.2) is 12.8 Å². The highest BCUT2D eigenvalue weighted by atomic mass is 35.7. The summed E-state index contributed by atoms with van der Waals surface area (Å²) >= 11 is 0. The van der Waals surface area contributed by atoms with Crippen LogP contribution in [0, 0.1) is 5.82 Å². The third kappa shape index (κ3) is 3.71. The lowest BCUT2D eigenvalue weighted by atomic mass is 10.0. The summed E-state index contributed by atoms with van der Waals surface area (Å²) in [4.78, 5) is 2.41. The van der Waals surface area contributed by atoms with Gasteiger partial charge in [0.1, 0.15) is 5.82 Å². The van der Waals surface area contributed by atoms with Gasteiger partial charge in [0.05, 0.1) is 4.90 Å². The topological polar surface area (TPSA) is 37.4 Å². The number of hydrogen-bond acceptors (Lipinski definition) is 3. The molecule has 0 spiro atoms. The second-order valence-electron chi connectivity index (χ2n) is 5.15.